The number of para-hydroxylation sites is 1. The minimum Gasteiger partial charge on any atom is -0.397 e. The molecule has 0 spiro atoms. The Morgan fingerprint density at radius 1 is 1.43 bits per heavy atom. The number of benzene rings is 1. The van der Waals surface area contributed by atoms with E-state index in [1.54, 1.807) is 0 Å². The predicted octanol–water partition coefficient (Wildman–Crippen LogP) is 2.34. The maximum Gasteiger partial charge on any atom is 0.112 e. The van der Waals surface area contributed by atoms with E-state index in [0.717, 1.165) is 35.5 Å². The highest BCUT2D eigenvalue weighted by Gasteiger charge is 2.07. The van der Waals surface area contributed by atoms with E-state index in [1.165, 1.54) is 0 Å². The summed E-state index contributed by atoms with van der Waals surface area (Å²) in [5.41, 5.74) is 8.70. The van der Waals surface area contributed by atoms with Crippen LogP contribution in [0.25, 0.3) is 11.0 Å². The summed E-state index contributed by atoms with van der Waals surface area (Å²) in [4.78, 5) is 4.47. The van der Waals surface area contributed by atoms with Gasteiger partial charge < -0.3 is 10.3 Å². The number of aryl methyl sites for hydroxylation is 2. The molecule has 1 aromatic carbocycles. The van der Waals surface area contributed by atoms with E-state index in [4.69, 9.17) is 5.73 Å². The Labute approximate surface area is 83.6 Å². The molecular formula is C11H15N3. The highest BCUT2D eigenvalue weighted by Crippen LogP contribution is 2.21. The lowest BCUT2D eigenvalue weighted by atomic mass is 10.2. The average molecular weight is 189 g/mol. The molecule has 0 fully saturated rings. The molecule has 0 amide bonds. The zero-order valence-corrected chi connectivity index (χ0v) is 8.62. The number of hydrogen-bond donors (Lipinski definition) is 1. The van der Waals surface area contributed by atoms with Crippen molar-refractivity contribution in [2.24, 2.45) is 0 Å². The second-order valence-electron chi connectivity index (χ2n) is 3.53. The van der Waals surface area contributed by atoms with Gasteiger partial charge in [-0.3, -0.25) is 0 Å². The van der Waals surface area contributed by atoms with Crippen LogP contribution in [0, 0.1) is 6.92 Å². The van der Waals surface area contributed by atoms with Crippen LogP contribution < -0.4 is 5.73 Å². The monoisotopic (exact) mass is 189 g/mol. The normalized spacial score (nSPS) is 11.0. The first-order chi connectivity index (χ1) is 6.74. The fourth-order valence-electron chi connectivity index (χ4n) is 1.79. The maximum absolute atomic E-state index is 5.86. The molecule has 3 heteroatoms. The minimum atomic E-state index is 0.764. The fourth-order valence-corrected chi connectivity index (χ4v) is 1.79. The molecule has 1 heterocycles. The van der Waals surface area contributed by atoms with Crippen LogP contribution in [-0.2, 0) is 6.54 Å². The van der Waals surface area contributed by atoms with Gasteiger partial charge in [0.2, 0.25) is 0 Å². The third kappa shape index (κ3) is 1.25. The van der Waals surface area contributed by atoms with Crippen LogP contribution in [0.5, 0.6) is 0 Å². The Hall–Kier alpha value is -1.51. The molecule has 2 N–H and O–H groups in total. The molecule has 3 nitrogen and oxygen atoms in total. The van der Waals surface area contributed by atoms with Gasteiger partial charge in [0.05, 0.1) is 11.2 Å². The van der Waals surface area contributed by atoms with Crippen LogP contribution in [0.4, 0.5) is 5.69 Å². The molecule has 1 aromatic heterocycles. The Morgan fingerprint density at radius 2 is 2.21 bits per heavy atom. The molecule has 0 aliphatic rings. The Morgan fingerprint density at radius 3 is 2.93 bits per heavy atom. The fraction of sp³-hybridized carbons (Fsp3) is 0.364. The van der Waals surface area contributed by atoms with E-state index in [-0.39, 0.29) is 0 Å². The second-order valence-corrected chi connectivity index (χ2v) is 3.53. The zero-order valence-electron chi connectivity index (χ0n) is 8.62. The SMILES string of the molecule is CCCn1c(C)nc2c(N)cccc21. The third-order valence-electron chi connectivity index (χ3n) is 2.45. The van der Waals surface area contributed by atoms with Gasteiger partial charge >= 0.3 is 0 Å². The molecule has 0 bridgehead atoms. The van der Waals surface area contributed by atoms with Gasteiger partial charge in [0.1, 0.15) is 11.3 Å². The van der Waals surface area contributed by atoms with Crippen molar-refractivity contribution < 1.29 is 0 Å². The number of anilines is 1. The lowest BCUT2D eigenvalue weighted by Crippen LogP contribution is -1.98. The van der Waals surface area contributed by atoms with Crippen LogP contribution in [0.2, 0.25) is 0 Å². The summed E-state index contributed by atoms with van der Waals surface area (Å²) in [5.74, 6) is 1.04. The van der Waals surface area contributed by atoms with E-state index in [2.05, 4.69) is 22.5 Å². The van der Waals surface area contributed by atoms with Crippen molar-refractivity contribution in [1.82, 2.24) is 9.55 Å². The summed E-state index contributed by atoms with van der Waals surface area (Å²) in [5, 5.41) is 0. The molecule has 0 atom stereocenters. The molecule has 0 saturated carbocycles. The molecule has 0 aliphatic heterocycles. The summed E-state index contributed by atoms with van der Waals surface area (Å²) >= 11 is 0. The predicted molar refractivity (Wildman–Crippen MR) is 59.2 cm³/mol. The number of hydrogen-bond acceptors (Lipinski definition) is 2. The van der Waals surface area contributed by atoms with Crippen LogP contribution in [0.1, 0.15) is 19.2 Å². The van der Waals surface area contributed by atoms with Gasteiger partial charge in [-0.05, 0) is 25.5 Å². The summed E-state index contributed by atoms with van der Waals surface area (Å²) in [6, 6.07) is 5.94. The van der Waals surface area contributed by atoms with Gasteiger partial charge in [0, 0.05) is 6.54 Å². The van der Waals surface area contributed by atoms with Gasteiger partial charge in [0.15, 0.2) is 0 Å². The van der Waals surface area contributed by atoms with Crippen molar-refractivity contribution in [3.8, 4) is 0 Å². The third-order valence-corrected chi connectivity index (χ3v) is 2.45. The summed E-state index contributed by atoms with van der Waals surface area (Å²) < 4.78 is 2.21. The Bertz CT molecular complexity index is 457. The smallest absolute Gasteiger partial charge is 0.112 e. The topological polar surface area (TPSA) is 43.8 Å². The van der Waals surface area contributed by atoms with E-state index in [0.29, 0.717) is 0 Å². The van der Waals surface area contributed by atoms with Crippen LogP contribution in [0.3, 0.4) is 0 Å². The van der Waals surface area contributed by atoms with Crippen LogP contribution in [-0.4, -0.2) is 9.55 Å². The number of nitrogens with two attached hydrogens (primary N) is 1. The Kier molecular flexibility index (Phi) is 2.15. The quantitative estimate of drug-likeness (QED) is 0.737. The van der Waals surface area contributed by atoms with E-state index in [1.807, 2.05) is 19.1 Å². The van der Waals surface area contributed by atoms with Crippen molar-refractivity contribution in [2.75, 3.05) is 5.73 Å². The molecule has 0 unspecified atom stereocenters. The standard InChI is InChI=1S/C11H15N3/c1-3-7-14-8(2)13-11-9(12)5-4-6-10(11)14/h4-6H,3,7,12H2,1-2H3. The number of imidazole rings is 1. The van der Waals surface area contributed by atoms with Crippen molar-refractivity contribution in [1.29, 1.82) is 0 Å². The molecule has 0 saturated heterocycles. The largest absolute Gasteiger partial charge is 0.397 e. The van der Waals surface area contributed by atoms with Crippen LogP contribution >= 0.6 is 0 Å². The van der Waals surface area contributed by atoms with E-state index in [9.17, 15) is 0 Å². The number of nitrogen functional groups attached to an aromatic ring is 1. The number of aromatic nitrogens is 2. The number of fused-ring (bicyclic) bond motifs is 1. The summed E-state index contributed by atoms with van der Waals surface area (Å²) in [6.07, 6.45) is 1.11. The summed E-state index contributed by atoms with van der Waals surface area (Å²) in [6.45, 7) is 5.19. The van der Waals surface area contributed by atoms with Crippen molar-refractivity contribution in [2.45, 2.75) is 26.8 Å². The highest BCUT2D eigenvalue weighted by atomic mass is 15.1. The first kappa shape index (κ1) is 9.06. The number of nitrogens with zero attached hydrogens (tertiary/aromatic N) is 2. The van der Waals surface area contributed by atoms with Gasteiger partial charge in [-0.1, -0.05) is 13.0 Å². The first-order valence-electron chi connectivity index (χ1n) is 4.95. The zero-order chi connectivity index (χ0) is 10.1. The van der Waals surface area contributed by atoms with E-state index < -0.39 is 0 Å². The van der Waals surface area contributed by atoms with Crippen LogP contribution in [0.15, 0.2) is 18.2 Å². The second kappa shape index (κ2) is 3.33. The molecular weight excluding hydrogens is 174 g/mol. The van der Waals surface area contributed by atoms with Gasteiger partial charge in [0.25, 0.3) is 0 Å². The molecule has 14 heavy (non-hydrogen) atoms. The van der Waals surface area contributed by atoms with Gasteiger partial charge in [-0.2, -0.15) is 0 Å². The molecule has 0 aliphatic carbocycles. The lowest BCUT2D eigenvalue weighted by Gasteiger charge is -2.03. The maximum atomic E-state index is 5.86. The molecule has 2 rings (SSSR count). The minimum absolute atomic E-state index is 0.764. The Balaban J connectivity index is 2.70. The lowest BCUT2D eigenvalue weighted by molar-refractivity contribution is 0.676. The molecule has 74 valence electrons. The average Bonchev–Trinajstić information content (AvgIpc) is 2.47. The molecule has 2 aromatic rings. The summed E-state index contributed by atoms with van der Waals surface area (Å²) in [7, 11) is 0. The van der Waals surface area contributed by atoms with Gasteiger partial charge in [-0.15, -0.1) is 0 Å². The highest BCUT2D eigenvalue weighted by molar-refractivity contribution is 5.87. The van der Waals surface area contributed by atoms with Crippen molar-refractivity contribution in [3.63, 3.8) is 0 Å². The van der Waals surface area contributed by atoms with E-state index >= 15 is 0 Å². The molecule has 0 radical (unpaired) electrons. The van der Waals surface area contributed by atoms with Crippen molar-refractivity contribution in [3.05, 3.63) is 24.0 Å². The first-order valence-corrected chi connectivity index (χ1v) is 4.95. The number of rotatable bonds is 2. The van der Waals surface area contributed by atoms with Crippen molar-refractivity contribution >= 4 is 16.7 Å². The van der Waals surface area contributed by atoms with Gasteiger partial charge in [-0.25, -0.2) is 4.98 Å².